The fraction of sp³-hybridized carbons (Fsp3) is 0. The first kappa shape index (κ1) is 12.1. The molecule has 0 aliphatic rings. The minimum absolute atomic E-state index is 0.286. The largest absolute Gasteiger partial charge is 0.434 e. The summed E-state index contributed by atoms with van der Waals surface area (Å²) >= 11 is 11.9. The van der Waals surface area contributed by atoms with Gasteiger partial charge in [-0.2, -0.15) is 4.98 Å². The third-order valence-electron chi connectivity index (χ3n) is 2.46. The number of fused-ring (bicyclic) bond motifs is 1. The van der Waals surface area contributed by atoms with Crippen LogP contribution in [-0.4, -0.2) is 14.4 Å². The van der Waals surface area contributed by atoms with Crippen LogP contribution in [0.25, 0.3) is 5.65 Å². The lowest BCUT2D eigenvalue weighted by Crippen LogP contribution is -1.99. The van der Waals surface area contributed by atoms with Gasteiger partial charge in [-0.05, 0) is 18.2 Å². The predicted octanol–water partition coefficient (Wildman–Crippen LogP) is 3.41. The second-order valence-electron chi connectivity index (χ2n) is 3.81. The Hall–Kier alpha value is -1.98. The first-order valence-electron chi connectivity index (χ1n) is 5.35. The van der Waals surface area contributed by atoms with Crippen molar-refractivity contribution in [2.45, 2.75) is 0 Å². The summed E-state index contributed by atoms with van der Waals surface area (Å²) in [5.41, 5.74) is 6.26. The molecule has 0 radical (unpaired) electrons. The molecule has 96 valence electrons. The average molecular weight is 295 g/mol. The van der Waals surface area contributed by atoms with E-state index >= 15 is 0 Å². The minimum Gasteiger partial charge on any atom is -0.434 e. The maximum Gasteiger partial charge on any atom is 0.265 e. The average Bonchev–Trinajstić information content (AvgIpc) is 2.80. The monoisotopic (exact) mass is 294 g/mol. The molecule has 0 bridgehead atoms. The maximum absolute atomic E-state index is 6.05. The number of benzene rings is 1. The molecule has 19 heavy (non-hydrogen) atoms. The van der Waals surface area contributed by atoms with Gasteiger partial charge in [-0.3, -0.25) is 4.40 Å². The predicted molar refractivity (Wildman–Crippen MR) is 73.9 cm³/mol. The summed E-state index contributed by atoms with van der Waals surface area (Å²) < 4.78 is 7.38. The van der Waals surface area contributed by atoms with E-state index < -0.39 is 0 Å². The van der Waals surface area contributed by atoms with Crippen molar-refractivity contribution in [3.63, 3.8) is 0 Å². The van der Waals surface area contributed by atoms with E-state index in [0.29, 0.717) is 27.3 Å². The summed E-state index contributed by atoms with van der Waals surface area (Å²) in [5, 5.41) is 0.922. The summed E-state index contributed by atoms with van der Waals surface area (Å²) in [5.74, 6) is 1.05. The lowest BCUT2D eigenvalue weighted by molar-refractivity contribution is 0.466. The van der Waals surface area contributed by atoms with Gasteiger partial charge in [0.1, 0.15) is 11.6 Å². The molecular formula is C12H8Cl2N4O. The van der Waals surface area contributed by atoms with E-state index in [4.69, 9.17) is 33.7 Å². The van der Waals surface area contributed by atoms with Crippen molar-refractivity contribution < 1.29 is 4.74 Å². The molecule has 0 fully saturated rings. The number of anilines is 1. The van der Waals surface area contributed by atoms with E-state index in [9.17, 15) is 0 Å². The Morgan fingerprint density at radius 1 is 1.26 bits per heavy atom. The molecule has 0 unspecified atom stereocenters. The number of halogens is 2. The van der Waals surface area contributed by atoms with Crippen molar-refractivity contribution in [1.82, 2.24) is 14.4 Å². The van der Waals surface area contributed by atoms with Crippen LogP contribution >= 0.6 is 23.2 Å². The first-order valence-corrected chi connectivity index (χ1v) is 6.11. The lowest BCUT2D eigenvalue weighted by Gasteiger charge is -2.08. The highest BCUT2D eigenvalue weighted by Gasteiger charge is 2.11. The maximum atomic E-state index is 6.05. The Balaban J connectivity index is 2.07. The summed E-state index contributed by atoms with van der Waals surface area (Å²) in [6.07, 6.45) is 5.04. The highest BCUT2D eigenvalue weighted by molar-refractivity contribution is 6.35. The van der Waals surface area contributed by atoms with Crippen LogP contribution in [0.4, 0.5) is 5.82 Å². The molecule has 0 amide bonds. The second-order valence-corrected chi connectivity index (χ2v) is 4.65. The second kappa shape index (κ2) is 4.60. The van der Waals surface area contributed by atoms with Crippen molar-refractivity contribution in [3.8, 4) is 11.6 Å². The quantitative estimate of drug-likeness (QED) is 0.786. The van der Waals surface area contributed by atoms with Gasteiger partial charge in [0, 0.05) is 17.4 Å². The van der Waals surface area contributed by atoms with Crippen LogP contribution in [0, 0.1) is 0 Å². The molecule has 7 heteroatoms. The third kappa shape index (κ3) is 2.30. The molecule has 1 aromatic carbocycles. The molecule has 0 aliphatic carbocycles. The molecule has 2 aromatic heterocycles. The number of hydrogen-bond donors (Lipinski definition) is 1. The van der Waals surface area contributed by atoms with Crippen LogP contribution in [-0.2, 0) is 0 Å². The SMILES string of the molecule is Nc1cn2ccnc2c(Oc2ccc(Cl)cc2Cl)n1. The zero-order valence-corrected chi connectivity index (χ0v) is 11.1. The van der Waals surface area contributed by atoms with Gasteiger partial charge in [0.15, 0.2) is 0 Å². The molecule has 3 rings (SSSR count). The summed E-state index contributed by atoms with van der Waals surface area (Å²) in [6, 6.07) is 4.93. The van der Waals surface area contributed by atoms with E-state index in [1.54, 1.807) is 41.2 Å². The van der Waals surface area contributed by atoms with Gasteiger partial charge < -0.3 is 10.5 Å². The number of nitrogens with two attached hydrogens (primary N) is 1. The van der Waals surface area contributed by atoms with E-state index in [0.717, 1.165) is 0 Å². The van der Waals surface area contributed by atoms with Crippen LogP contribution in [0.2, 0.25) is 10.0 Å². The Kier molecular flexibility index (Phi) is 2.93. The fourth-order valence-electron chi connectivity index (χ4n) is 1.65. The van der Waals surface area contributed by atoms with Gasteiger partial charge in [0.25, 0.3) is 5.88 Å². The first-order chi connectivity index (χ1) is 9.13. The molecule has 2 heterocycles. The lowest BCUT2D eigenvalue weighted by atomic mass is 10.3. The smallest absolute Gasteiger partial charge is 0.265 e. The number of hydrogen-bond acceptors (Lipinski definition) is 4. The summed E-state index contributed by atoms with van der Waals surface area (Å²) in [4.78, 5) is 8.27. The fourth-order valence-corrected chi connectivity index (χ4v) is 2.10. The Bertz CT molecular complexity index is 757. The van der Waals surface area contributed by atoms with Crippen molar-refractivity contribution in [3.05, 3.63) is 46.8 Å². The number of rotatable bonds is 2. The molecule has 5 nitrogen and oxygen atoms in total. The van der Waals surface area contributed by atoms with E-state index in [2.05, 4.69) is 9.97 Å². The molecule has 0 atom stereocenters. The number of aromatic nitrogens is 3. The normalized spacial score (nSPS) is 10.8. The van der Waals surface area contributed by atoms with Crippen molar-refractivity contribution >= 4 is 34.7 Å². The summed E-state index contributed by atoms with van der Waals surface area (Å²) in [6.45, 7) is 0. The van der Waals surface area contributed by atoms with E-state index in [1.807, 2.05) is 0 Å². The van der Waals surface area contributed by atoms with Crippen LogP contribution in [0.1, 0.15) is 0 Å². The molecule has 0 spiro atoms. The van der Waals surface area contributed by atoms with E-state index in [-0.39, 0.29) is 5.88 Å². The zero-order chi connectivity index (χ0) is 13.4. The number of ether oxygens (including phenoxy) is 1. The van der Waals surface area contributed by atoms with Gasteiger partial charge in [-0.1, -0.05) is 23.2 Å². The highest BCUT2D eigenvalue weighted by atomic mass is 35.5. The number of nitrogen functional groups attached to an aromatic ring is 1. The van der Waals surface area contributed by atoms with Crippen molar-refractivity contribution in [2.24, 2.45) is 0 Å². The molecule has 2 N–H and O–H groups in total. The van der Waals surface area contributed by atoms with Crippen molar-refractivity contribution in [2.75, 3.05) is 5.73 Å². The van der Waals surface area contributed by atoms with Crippen LogP contribution in [0.15, 0.2) is 36.8 Å². The number of imidazole rings is 1. The molecule has 0 aliphatic heterocycles. The van der Waals surface area contributed by atoms with E-state index in [1.165, 1.54) is 0 Å². The molecule has 3 aromatic rings. The molecule has 0 saturated carbocycles. The topological polar surface area (TPSA) is 65.4 Å². The minimum atomic E-state index is 0.286. The Labute approximate surface area is 118 Å². The van der Waals surface area contributed by atoms with Gasteiger partial charge in [-0.25, -0.2) is 4.98 Å². The van der Waals surface area contributed by atoms with Crippen LogP contribution in [0.3, 0.4) is 0 Å². The Morgan fingerprint density at radius 2 is 2.11 bits per heavy atom. The van der Waals surface area contributed by atoms with Gasteiger partial charge >= 0.3 is 0 Å². The van der Waals surface area contributed by atoms with Gasteiger partial charge in [0.05, 0.1) is 11.2 Å². The van der Waals surface area contributed by atoms with Gasteiger partial charge in [-0.15, -0.1) is 0 Å². The van der Waals surface area contributed by atoms with Gasteiger partial charge in [0.2, 0.25) is 5.65 Å². The molecular weight excluding hydrogens is 287 g/mol. The Morgan fingerprint density at radius 3 is 2.89 bits per heavy atom. The zero-order valence-electron chi connectivity index (χ0n) is 9.55. The standard InChI is InChI=1S/C12H8Cl2N4O/c13-7-1-2-9(8(14)5-7)19-12-11-16-3-4-18(11)6-10(15)17-12/h1-6H,15H2. The van der Waals surface area contributed by atoms with Crippen LogP contribution in [0.5, 0.6) is 11.6 Å². The number of nitrogens with zero attached hydrogens (tertiary/aromatic N) is 3. The van der Waals surface area contributed by atoms with Crippen molar-refractivity contribution in [1.29, 1.82) is 0 Å². The molecule has 0 saturated heterocycles. The summed E-state index contributed by atoms with van der Waals surface area (Å²) in [7, 11) is 0. The highest BCUT2D eigenvalue weighted by Crippen LogP contribution is 2.32. The van der Waals surface area contributed by atoms with Crippen LogP contribution < -0.4 is 10.5 Å². The third-order valence-corrected chi connectivity index (χ3v) is 2.99.